The lowest BCUT2D eigenvalue weighted by Gasteiger charge is -2.26. The first-order valence-corrected chi connectivity index (χ1v) is 4.78. The van der Waals surface area contributed by atoms with Crippen LogP contribution in [0.4, 0.5) is 0 Å². The summed E-state index contributed by atoms with van der Waals surface area (Å²) in [5.74, 6) is -0.228. The van der Waals surface area contributed by atoms with Gasteiger partial charge in [0.25, 0.3) is 0 Å². The number of esters is 1. The Hall–Kier alpha value is -0.610. The third-order valence-corrected chi connectivity index (χ3v) is 2.92. The molecule has 2 N–H and O–H groups in total. The molecule has 74 valence electrons. The van der Waals surface area contributed by atoms with E-state index in [1.165, 1.54) is 6.92 Å². The number of nitrogens with one attached hydrogen (secondary N) is 1. The fraction of sp³-hybridized carbons (Fsp3) is 0.889. The first-order chi connectivity index (χ1) is 6.16. The fourth-order valence-corrected chi connectivity index (χ4v) is 2.30. The summed E-state index contributed by atoms with van der Waals surface area (Å²) in [6, 6.07) is 0.389. The van der Waals surface area contributed by atoms with Crippen LogP contribution in [0.25, 0.3) is 0 Å². The van der Waals surface area contributed by atoms with Crippen molar-refractivity contribution in [3.8, 4) is 0 Å². The van der Waals surface area contributed by atoms with Crippen LogP contribution < -0.4 is 5.32 Å². The van der Waals surface area contributed by atoms with Crippen molar-refractivity contribution in [2.75, 3.05) is 0 Å². The van der Waals surface area contributed by atoms with Gasteiger partial charge in [0.15, 0.2) is 0 Å². The summed E-state index contributed by atoms with van der Waals surface area (Å²) in [7, 11) is 0. The highest BCUT2D eigenvalue weighted by molar-refractivity contribution is 5.66. The van der Waals surface area contributed by atoms with Crippen LogP contribution in [0.15, 0.2) is 0 Å². The highest BCUT2D eigenvalue weighted by atomic mass is 16.5. The third kappa shape index (κ3) is 1.69. The molecule has 0 amide bonds. The first kappa shape index (κ1) is 8.97. The number of fused-ring (bicyclic) bond motifs is 2. The van der Waals surface area contributed by atoms with Crippen molar-refractivity contribution in [1.29, 1.82) is 0 Å². The highest BCUT2D eigenvalue weighted by Gasteiger charge is 2.42. The van der Waals surface area contributed by atoms with Crippen molar-refractivity contribution in [2.45, 2.75) is 50.5 Å². The third-order valence-electron chi connectivity index (χ3n) is 2.92. The molecule has 0 aromatic carbocycles. The van der Waals surface area contributed by atoms with Gasteiger partial charge in [-0.25, -0.2) is 0 Å². The molecular weight excluding hydrogens is 170 g/mol. The largest absolute Gasteiger partial charge is 0.461 e. The number of hydrogen-bond acceptors (Lipinski definition) is 4. The fourth-order valence-electron chi connectivity index (χ4n) is 2.30. The molecule has 2 bridgehead atoms. The molecule has 0 aromatic heterocycles. The lowest BCUT2D eigenvalue weighted by molar-refractivity contribution is -0.146. The minimum absolute atomic E-state index is 0.0281. The van der Waals surface area contributed by atoms with Crippen molar-refractivity contribution in [2.24, 2.45) is 0 Å². The molecule has 2 saturated heterocycles. The highest BCUT2D eigenvalue weighted by Crippen LogP contribution is 2.29. The predicted octanol–water partition coefficient (Wildman–Crippen LogP) is -0.197. The zero-order valence-electron chi connectivity index (χ0n) is 7.69. The Labute approximate surface area is 77.3 Å². The molecule has 2 fully saturated rings. The van der Waals surface area contributed by atoms with E-state index in [1.807, 2.05) is 0 Å². The van der Waals surface area contributed by atoms with Crippen LogP contribution in [-0.2, 0) is 9.53 Å². The van der Waals surface area contributed by atoms with Crippen molar-refractivity contribution in [1.82, 2.24) is 5.32 Å². The second kappa shape index (κ2) is 3.27. The topological polar surface area (TPSA) is 58.6 Å². The number of rotatable bonds is 1. The molecule has 2 heterocycles. The SMILES string of the molecule is CC(=O)O[C@@H]1C[C@@H]2N[C@H]1CC[C@@H]2O. The van der Waals surface area contributed by atoms with Crippen LogP contribution in [0.5, 0.6) is 0 Å². The molecule has 0 saturated carbocycles. The Kier molecular flexibility index (Phi) is 2.26. The van der Waals surface area contributed by atoms with Crippen molar-refractivity contribution in [3.05, 3.63) is 0 Å². The minimum Gasteiger partial charge on any atom is -0.461 e. The Bertz CT molecular complexity index is 219. The number of carbonyl (C=O) groups is 1. The standard InChI is InChI=1S/C9H15NO3/c1-5(11)13-9-4-7-8(12)3-2-6(9)10-7/h6-10,12H,2-4H2,1H3/t6-,7-,8-,9+/m0/s1. The average Bonchev–Trinajstić information content (AvgIpc) is 2.37. The maximum atomic E-state index is 10.8. The van der Waals surface area contributed by atoms with Gasteiger partial charge in [-0.05, 0) is 12.8 Å². The lowest BCUT2D eigenvalue weighted by Crippen LogP contribution is -2.44. The Morgan fingerprint density at radius 2 is 2.23 bits per heavy atom. The van der Waals surface area contributed by atoms with E-state index in [2.05, 4.69) is 5.32 Å². The van der Waals surface area contributed by atoms with E-state index in [9.17, 15) is 9.90 Å². The summed E-state index contributed by atoms with van der Waals surface area (Å²) in [5.41, 5.74) is 0. The van der Waals surface area contributed by atoms with E-state index >= 15 is 0 Å². The van der Waals surface area contributed by atoms with Gasteiger partial charge in [0.1, 0.15) is 6.10 Å². The Morgan fingerprint density at radius 3 is 2.85 bits per heavy atom. The molecule has 0 aromatic rings. The van der Waals surface area contributed by atoms with E-state index in [1.54, 1.807) is 0 Å². The number of carbonyl (C=O) groups excluding carboxylic acids is 1. The number of piperidine rings is 1. The molecule has 2 aliphatic rings. The maximum Gasteiger partial charge on any atom is 0.302 e. The number of aliphatic hydroxyl groups is 1. The average molecular weight is 185 g/mol. The normalized spacial score (nSPS) is 43.2. The van der Waals surface area contributed by atoms with Crippen LogP contribution in [0, 0.1) is 0 Å². The summed E-state index contributed by atoms with van der Waals surface area (Å²) in [6.45, 7) is 1.43. The van der Waals surface area contributed by atoms with E-state index in [0.29, 0.717) is 0 Å². The molecule has 4 nitrogen and oxygen atoms in total. The number of ether oxygens (including phenoxy) is 1. The molecule has 2 aliphatic heterocycles. The van der Waals surface area contributed by atoms with Crippen LogP contribution in [0.2, 0.25) is 0 Å². The van der Waals surface area contributed by atoms with Gasteiger partial charge >= 0.3 is 5.97 Å². The van der Waals surface area contributed by atoms with Crippen molar-refractivity contribution < 1.29 is 14.6 Å². The van der Waals surface area contributed by atoms with Crippen molar-refractivity contribution in [3.63, 3.8) is 0 Å². The summed E-state index contributed by atoms with van der Waals surface area (Å²) in [6.07, 6.45) is 2.18. The minimum atomic E-state index is -0.267. The summed E-state index contributed by atoms with van der Waals surface area (Å²) in [5, 5.41) is 12.8. The number of aliphatic hydroxyl groups excluding tert-OH is 1. The molecule has 0 aliphatic carbocycles. The van der Waals surface area contributed by atoms with E-state index < -0.39 is 0 Å². The quantitative estimate of drug-likeness (QED) is 0.556. The van der Waals surface area contributed by atoms with Gasteiger partial charge in [-0.1, -0.05) is 0 Å². The van der Waals surface area contributed by atoms with Crippen molar-refractivity contribution >= 4 is 5.97 Å². The van der Waals surface area contributed by atoms with Crippen LogP contribution in [0.3, 0.4) is 0 Å². The monoisotopic (exact) mass is 185 g/mol. The molecule has 0 radical (unpaired) electrons. The Balaban J connectivity index is 1.98. The van der Waals surface area contributed by atoms with Gasteiger partial charge in [-0.2, -0.15) is 0 Å². The zero-order chi connectivity index (χ0) is 9.42. The molecule has 0 spiro atoms. The molecule has 0 unspecified atom stereocenters. The van der Waals surface area contributed by atoms with Crippen LogP contribution >= 0.6 is 0 Å². The summed E-state index contributed by atoms with van der Waals surface area (Å²) < 4.78 is 5.16. The van der Waals surface area contributed by atoms with E-state index in [-0.39, 0.29) is 30.3 Å². The second-order valence-electron chi connectivity index (χ2n) is 3.91. The van der Waals surface area contributed by atoms with E-state index in [0.717, 1.165) is 19.3 Å². The zero-order valence-corrected chi connectivity index (χ0v) is 7.69. The van der Waals surface area contributed by atoms with Gasteiger partial charge in [0.2, 0.25) is 0 Å². The second-order valence-corrected chi connectivity index (χ2v) is 3.91. The smallest absolute Gasteiger partial charge is 0.302 e. The van der Waals surface area contributed by atoms with Gasteiger partial charge in [0, 0.05) is 25.4 Å². The lowest BCUT2D eigenvalue weighted by atomic mass is 10.0. The van der Waals surface area contributed by atoms with E-state index in [4.69, 9.17) is 4.74 Å². The van der Waals surface area contributed by atoms with Gasteiger partial charge < -0.3 is 15.2 Å². The summed E-state index contributed by atoms with van der Waals surface area (Å²) in [4.78, 5) is 10.8. The predicted molar refractivity (Wildman–Crippen MR) is 46.1 cm³/mol. The van der Waals surface area contributed by atoms with Gasteiger partial charge in [-0.3, -0.25) is 4.79 Å². The van der Waals surface area contributed by atoms with Crippen LogP contribution in [-0.4, -0.2) is 35.4 Å². The molecule has 4 atom stereocenters. The summed E-state index contributed by atoms with van der Waals surface area (Å²) >= 11 is 0. The Morgan fingerprint density at radius 1 is 1.46 bits per heavy atom. The van der Waals surface area contributed by atoms with Gasteiger partial charge in [0.05, 0.1) is 6.10 Å². The molecule has 4 heteroatoms. The number of hydrogen-bond donors (Lipinski definition) is 2. The maximum absolute atomic E-state index is 10.8. The molecular formula is C9H15NO3. The van der Waals surface area contributed by atoms with Gasteiger partial charge in [-0.15, -0.1) is 0 Å². The molecule has 2 rings (SSSR count). The first-order valence-electron chi connectivity index (χ1n) is 4.78. The van der Waals surface area contributed by atoms with Crippen LogP contribution in [0.1, 0.15) is 26.2 Å². The molecule has 13 heavy (non-hydrogen) atoms.